The predicted octanol–water partition coefficient (Wildman–Crippen LogP) is 2.15. The van der Waals surface area contributed by atoms with E-state index in [9.17, 15) is 14.7 Å². The van der Waals surface area contributed by atoms with Gasteiger partial charge in [0.05, 0.1) is 18.1 Å². The van der Waals surface area contributed by atoms with Gasteiger partial charge in [0, 0.05) is 17.8 Å². The van der Waals surface area contributed by atoms with Crippen LogP contribution >= 0.6 is 11.3 Å². The van der Waals surface area contributed by atoms with Gasteiger partial charge in [-0.2, -0.15) is 0 Å². The zero-order valence-electron chi connectivity index (χ0n) is 12.3. The van der Waals surface area contributed by atoms with Crippen molar-refractivity contribution in [2.45, 2.75) is 38.3 Å². The highest BCUT2D eigenvalue weighted by Gasteiger charge is 2.49. The van der Waals surface area contributed by atoms with Gasteiger partial charge in [-0.15, -0.1) is 11.3 Å². The molecule has 1 amide bonds. The van der Waals surface area contributed by atoms with E-state index in [4.69, 9.17) is 4.74 Å². The van der Waals surface area contributed by atoms with Gasteiger partial charge in [0.2, 0.25) is 0 Å². The number of carboxylic acids is 1. The first kappa shape index (κ1) is 14.2. The van der Waals surface area contributed by atoms with E-state index >= 15 is 0 Å². The molecular formula is C16H19NO4S. The number of likely N-dealkylation sites (tertiary alicyclic amines) is 1. The molecule has 1 saturated heterocycles. The molecule has 5 nitrogen and oxygen atoms in total. The number of hydrogen-bond acceptors (Lipinski definition) is 4. The number of hydrogen-bond donors (Lipinski definition) is 1. The number of carbonyl (C=O) groups excluding carboxylic acids is 1. The molecule has 1 saturated carbocycles. The average molecular weight is 321 g/mol. The molecule has 0 spiro atoms. The molecule has 6 heteroatoms. The number of ether oxygens (including phenoxy) is 1. The number of nitrogens with zero attached hydrogens (tertiary/aromatic N) is 1. The summed E-state index contributed by atoms with van der Waals surface area (Å²) in [5, 5.41) is 9.58. The fraction of sp³-hybridized carbons (Fsp3) is 0.625. The van der Waals surface area contributed by atoms with Crippen LogP contribution in [0.25, 0.3) is 0 Å². The summed E-state index contributed by atoms with van der Waals surface area (Å²) >= 11 is 1.51. The second-order valence-electron chi connectivity index (χ2n) is 6.46. The van der Waals surface area contributed by atoms with Gasteiger partial charge in [0.25, 0.3) is 5.91 Å². The van der Waals surface area contributed by atoms with Gasteiger partial charge in [-0.05, 0) is 36.3 Å². The number of aliphatic carboxylic acids is 1. The summed E-state index contributed by atoms with van der Waals surface area (Å²) in [6.07, 6.45) is 3.92. The van der Waals surface area contributed by atoms with E-state index < -0.39 is 12.0 Å². The highest BCUT2D eigenvalue weighted by Crippen LogP contribution is 2.43. The summed E-state index contributed by atoms with van der Waals surface area (Å²) in [5.74, 6) is -0.462. The standard InChI is InChI=1S/C16H19NO4S/c18-15(13-6-10-8-21-5-4-12(10)22-13)17-7-9-2-1-3-11(9)14(17)16(19)20/h6,9,11,14H,1-5,7-8H2,(H,19,20)/t9-,11-,14+/m1/s1. The zero-order chi connectivity index (χ0) is 15.3. The molecule has 0 aromatic carbocycles. The molecule has 22 heavy (non-hydrogen) atoms. The maximum absolute atomic E-state index is 12.8. The lowest BCUT2D eigenvalue weighted by atomic mass is 9.94. The Kier molecular flexibility index (Phi) is 3.46. The van der Waals surface area contributed by atoms with Crippen molar-refractivity contribution in [2.24, 2.45) is 11.8 Å². The van der Waals surface area contributed by atoms with Gasteiger partial charge in [-0.3, -0.25) is 4.79 Å². The fourth-order valence-electron chi connectivity index (χ4n) is 4.23. The van der Waals surface area contributed by atoms with E-state index in [0.29, 0.717) is 30.6 Å². The van der Waals surface area contributed by atoms with Gasteiger partial charge in [0.15, 0.2) is 0 Å². The van der Waals surface area contributed by atoms with Crippen molar-refractivity contribution < 1.29 is 19.4 Å². The molecule has 3 aliphatic rings. The molecule has 1 aromatic rings. The molecule has 118 valence electrons. The molecule has 1 aliphatic carbocycles. The number of carbonyl (C=O) groups is 2. The average Bonchev–Trinajstić information content (AvgIpc) is 3.18. The summed E-state index contributed by atoms with van der Waals surface area (Å²) in [5.41, 5.74) is 1.09. The molecule has 2 fully saturated rings. The van der Waals surface area contributed by atoms with Crippen LogP contribution in [0.15, 0.2) is 6.07 Å². The van der Waals surface area contributed by atoms with Crippen molar-refractivity contribution in [3.05, 3.63) is 21.4 Å². The summed E-state index contributed by atoms with van der Waals surface area (Å²) in [4.78, 5) is 28.0. The zero-order valence-corrected chi connectivity index (χ0v) is 13.1. The topological polar surface area (TPSA) is 66.8 Å². The van der Waals surface area contributed by atoms with Crippen molar-refractivity contribution in [3.8, 4) is 0 Å². The van der Waals surface area contributed by atoms with Crippen molar-refractivity contribution in [1.82, 2.24) is 4.90 Å². The normalized spacial score (nSPS) is 30.2. The minimum atomic E-state index is -0.854. The third kappa shape index (κ3) is 2.16. The van der Waals surface area contributed by atoms with Crippen molar-refractivity contribution in [3.63, 3.8) is 0 Å². The van der Waals surface area contributed by atoms with Gasteiger partial charge in [-0.25, -0.2) is 4.79 Å². The number of fused-ring (bicyclic) bond motifs is 2. The Labute approximate surface area is 132 Å². The number of thiophene rings is 1. The van der Waals surface area contributed by atoms with Crippen LogP contribution in [0, 0.1) is 11.8 Å². The van der Waals surface area contributed by atoms with Gasteiger partial charge in [-0.1, -0.05) is 6.42 Å². The van der Waals surface area contributed by atoms with Crippen LogP contribution in [-0.4, -0.2) is 41.1 Å². The first-order valence-electron chi connectivity index (χ1n) is 7.88. The van der Waals surface area contributed by atoms with Crippen LogP contribution < -0.4 is 0 Å². The SMILES string of the molecule is O=C(O)[C@@H]1[C@@H]2CCC[C@@H]2CN1C(=O)c1cc2c(s1)CCOC2. The maximum atomic E-state index is 12.8. The van der Waals surface area contributed by atoms with E-state index in [1.54, 1.807) is 4.90 Å². The first-order chi connectivity index (χ1) is 10.6. The van der Waals surface area contributed by atoms with Crippen LogP contribution in [0.5, 0.6) is 0 Å². The third-order valence-corrected chi connectivity index (χ3v) is 6.47. The molecule has 3 atom stereocenters. The third-order valence-electron chi connectivity index (χ3n) is 5.24. The molecule has 2 aliphatic heterocycles. The van der Waals surface area contributed by atoms with Crippen LogP contribution in [0.4, 0.5) is 0 Å². The van der Waals surface area contributed by atoms with E-state index in [0.717, 1.165) is 31.2 Å². The van der Waals surface area contributed by atoms with Crippen molar-refractivity contribution in [2.75, 3.05) is 13.2 Å². The summed E-state index contributed by atoms with van der Waals surface area (Å²) in [6.45, 7) is 1.86. The van der Waals surface area contributed by atoms with E-state index in [1.165, 1.54) is 16.2 Å². The Hall–Kier alpha value is -1.40. The van der Waals surface area contributed by atoms with Crippen LogP contribution in [0.3, 0.4) is 0 Å². The second kappa shape index (κ2) is 5.35. The lowest BCUT2D eigenvalue weighted by Gasteiger charge is -2.23. The molecule has 0 radical (unpaired) electrons. The highest BCUT2D eigenvalue weighted by molar-refractivity contribution is 7.14. The lowest BCUT2D eigenvalue weighted by molar-refractivity contribution is -0.142. The van der Waals surface area contributed by atoms with Gasteiger partial charge < -0.3 is 14.7 Å². The Bertz CT molecular complexity index is 602. The Morgan fingerprint density at radius 2 is 2.23 bits per heavy atom. The van der Waals surface area contributed by atoms with Crippen LogP contribution in [0.2, 0.25) is 0 Å². The fourth-order valence-corrected chi connectivity index (χ4v) is 5.33. The van der Waals surface area contributed by atoms with Gasteiger partial charge in [0.1, 0.15) is 6.04 Å². The highest BCUT2D eigenvalue weighted by atomic mass is 32.1. The second-order valence-corrected chi connectivity index (χ2v) is 7.59. The number of carboxylic acid groups (broad SMARTS) is 1. The van der Waals surface area contributed by atoms with Gasteiger partial charge >= 0.3 is 5.97 Å². The summed E-state index contributed by atoms with van der Waals surface area (Å²) in [6, 6.07) is 1.25. The van der Waals surface area contributed by atoms with Crippen LogP contribution in [0.1, 0.15) is 39.4 Å². The smallest absolute Gasteiger partial charge is 0.326 e. The first-order valence-corrected chi connectivity index (χ1v) is 8.70. The molecule has 0 unspecified atom stereocenters. The minimum absolute atomic E-state index is 0.110. The lowest BCUT2D eigenvalue weighted by Crippen LogP contribution is -2.43. The van der Waals surface area contributed by atoms with E-state index in [-0.39, 0.29) is 11.8 Å². The molecule has 1 N–H and O–H groups in total. The summed E-state index contributed by atoms with van der Waals surface area (Å²) in [7, 11) is 0. The minimum Gasteiger partial charge on any atom is -0.480 e. The Morgan fingerprint density at radius 3 is 3.00 bits per heavy atom. The number of amides is 1. The van der Waals surface area contributed by atoms with Crippen molar-refractivity contribution in [1.29, 1.82) is 0 Å². The van der Waals surface area contributed by atoms with E-state index in [2.05, 4.69) is 0 Å². The molecule has 1 aromatic heterocycles. The monoisotopic (exact) mass is 321 g/mol. The maximum Gasteiger partial charge on any atom is 0.326 e. The van der Waals surface area contributed by atoms with E-state index in [1.807, 2.05) is 6.07 Å². The number of rotatable bonds is 2. The quantitative estimate of drug-likeness (QED) is 0.906. The Morgan fingerprint density at radius 1 is 1.36 bits per heavy atom. The Balaban J connectivity index is 1.61. The molecule has 4 rings (SSSR count). The predicted molar refractivity (Wildman–Crippen MR) is 81.0 cm³/mol. The van der Waals surface area contributed by atoms with Crippen LogP contribution in [-0.2, 0) is 22.6 Å². The molecule has 0 bridgehead atoms. The summed E-state index contributed by atoms with van der Waals surface area (Å²) < 4.78 is 5.42. The molecule has 3 heterocycles. The largest absolute Gasteiger partial charge is 0.480 e. The molecular weight excluding hydrogens is 302 g/mol. The van der Waals surface area contributed by atoms with Crippen molar-refractivity contribution >= 4 is 23.2 Å².